The van der Waals surface area contributed by atoms with Crippen molar-refractivity contribution in [3.05, 3.63) is 28.0 Å². The fourth-order valence-electron chi connectivity index (χ4n) is 1.45. The highest BCUT2D eigenvalue weighted by Crippen LogP contribution is 2.33. The SMILES string of the molecule is CC1CNC(c2ccc([N+](=O)[O-])o2)SC1. The fraction of sp³-hybridized carbons (Fsp3) is 0.556. The summed E-state index contributed by atoms with van der Waals surface area (Å²) in [6, 6.07) is 3.06. The molecule has 6 heteroatoms. The lowest BCUT2D eigenvalue weighted by molar-refractivity contribution is -0.402. The summed E-state index contributed by atoms with van der Waals surface area (Å²) in [5.74, 6) is 2.13. The molecule has 1 aliphatic rings. The minimum absolute atomic E-state index is 0.0508. The molecule has 0 spiro atoms. The number of nitrogens with one attached hydrogen (secondary N) is 1. The topological polar surface area (TPSA) is 68.3 Å². The van der Waals surface area contributed by atoms with Gasteiger partial charge in [-0.1, -0.05) is 6.92 Å². The van der Waals surface area contributed by atoms with E-state index in [2.05, 4.69) is 12.2 Å². The quantitative estimate of drug-likeness (QED) is 0.620. The number of furan rings is 1. The van der Waals surface area contributed by atoms with E-state index < -0.39 is 4.92 Å². The van der Waals surface area contributed by atoms with E-state index in [-0.39, 0.29) is 11.3 Å². The summed E-state index contributed by atoms with van der Waals surface area (Å²) < 4.78 is 5.14. The number of nitrogens with zero attached hydrogens (tertiary/aromatic N) is 1. The van der Waals surface area contributed by atoms with Crippen LogP contribution in [0.3, 0.4) is 0 Å². The third-order valence-electron chi connectivity index (χ3n) is 2.25. The van der Waals surface area contributed by atoms with E-state index in [0.29, 0.717) is 11.7 Å². The van der Waals surface area contributed by atoms with Crippen molar-refractivity contribution >= 4 is 17.6 Å². The maximum Gasteiger partial charge on any atom is 0.433 e. The van der Waals surface area contributed by atoms with Crippen LogP contribution in [0, 0.1) is 16.0 Å². The van der Waals surface area contributed by atoms with Gasteiger partial charge in [0.05, 0.1) is 6.07 Å². The summed E-state index contributed by atoms with van der Waals surface area (Å²) >= 11 is 1.72. The van der Waals surface area contributed by atoms with Gasteiger partial charge in [0.1, 0.15) is 16.1 Å². The van der Waals surface area contributed by atoms with E-state index in [1.54, 1.807) is 17.8 Å². The highest BCUT2D eigenvalue weighted by molar-refractivity contribution is 7.99. The molecule has 0 saturated carbocycles. The number of thioether (sulfide) groups is 1. The molecule has 2 heterocycles. The highest BCUT2D eigenvalue weighted by Gasteiger charge is 2.24. The van der Waals surface area contributed by atoms with E-state index in [4.69, 9.17) is 4.42 Å². The minimum atomic E-state index is -0.514. The molecule has 0 radical (unpaired) electrons. The first-order valence-corrected chi connectivity index (χ1v) is 5.81. The second-order valence-corrected chi connectivity index (χ2v) is 4.80. The Kier molecular flexibility index (Phi) is 2.97. The van der Waals surface area contributed by atoms with Gasteiger partial charge in [0.25, 0.3) is 0 Å². The number of nitro groups is 1. The number of rotatable bonds is 2. The predicted octanol–water partition coefficient (Wildman–Crippen LogP) is 2.16. The largest absolute Gasteiger partial charge is 0.433 e. The number of hydrogen-bond acceptors (Lipinski definition) is 5. The molecule has 0 aliphatic carbocycles. The van der Waals surface area contributed by atoms with Crippen LogP contribution in [0.1, 0.15) is 18.1 Å². The lowest BCUT2D eigenvalue weighted by Crippen LogP contribution is -2.30. The molecular formula is C9H12N2O3S. The van der Waals surface area contributed by atoms with E-state index in [1.165, 1.54) is 6.07 Å². The molecule has 1 aliphatic heterocycles. The first kappa shape index (κ1) is 10.5. The molecule has 1 aromatic heterocycles. The smallest absolute Gasteiger partial charge is 0.403 e. The van der Waals surface area contributed by atoms with Gasteiger partial charge in [0, 0.05) is 0 Å². The Morgan fingerprint density at radius 1 is 1.67 bits per heavy atom. The van der Waals surface area contributed by atoms with E-state index >= 15 is 0 Å². The Morgan fingerprint density at radius 2 is 2.47 bits per heavy atom. The fourth-order valence-corrected chi connectivity index (χ4v) is 2.59. The van der Waals surface area contributed by atoms with Crippen molar-refractivity contribution in [1.82, 2.24) is 5.32 Å². The Labute approximate surface area is 91.4 Å². The van der Waals surface area contributed by atoms with E-state index in [0.717, 1.165) is 12.3 Å². The average Bonchev–Trinajstić information content (AvgIpc) is 2.68. The molecule has 1 aromatic rings. The molecule has 2 atom stereocenters. The van der Waals surface area contributed by atoms with Crippen LogP contribution in [0.2, 0.25) is 0 Å². The summed E-state index contributed by atoms with van der Waals surface area (Å²) in [6.45, 7) is 3.09. The normalized spacial score (nSPS) is 26.5. The Morgan fingerprint density at radius 3 is 3.00 bits per heavy atom. The van der Waals surface area contributed by atoms with Gasteiger partial charge in [0.2, 0.25) is 0 Å². The number of hydrogen-bond donors (Lipinski definition) is 1. The van der Waals surface area contributed by atoms with Crippen molar-refractivity contribution in [2.75, 3.05) is 12.3 Å². The van der Waals surface area contributed by atoms with Gasteiger partial charge in [0.15, 0.2) is 0 Å². The maximum absolute atomic E-state index is 10.4. The van der Waals surface area contributed by atoms with Crippen molar-refractivity contribution in [3.8, 4) is 0 Å². The Bertz CT molecular complexity index is 358. The van der Waals surface area contributed by atoms with Gasteiger partial charge in [-0.3, -0.25) is 15.4 Å². The molecule has 5 nitrogen and oxygen atoms in total. The van der Waals surface area contributed by atoms with E-state index in [1.807, 2.05) is 0 Å². The minimum Gasteiger partial charge on any atom is -0.403 e. The van der Waals surface area contributed by atoms with Crippen molar-refractivity contribution in [2.45, 2.75) is 12.3 Å². The summed E-state index contributed by atoms with van der Waals surface area (Å²) in [4.78, 5) is 9.92. The van der Waals surface area contributed by atoms with Gasteiger partial charge in [-0.05, 0) is 24.3 Å². The van der Waals surface area contributed by atoms with Crippen LogP contribution in [0.5, 0.6) is 0 Å². The Balaban J connectivity index is 2.06. The second kappa shape index (κ2) is 4.24. The standard InChI is InChI=1S/C9H12N2O3S/c1-6-4-10-9(15-5-6)7-2-3-8(14-7)11(12)13/h2-3,6,9-10H,4-5H2,1H3. The van der Waals surface area contributed by atoms with Crippen LogP contribution in [-0.4, -0.2) is 17.2 Å². The lowest BCUT2D eigenvalue weighted by atomic mass is 10.2. The molecule has 2 rings (SSSR count). The van der Waals surface area contributed by atoms with Gasteiger partial charge in [-0.25, -0.2) is 0 Å². The van der Waals surface area contributed by atoms with Crippen molar-refractivity contribution in [3.63, 3.8) is 0 Å². The van der Waals surface area contributed by atoms with Crippen LogP contribution >= 0.6 is 11.8 Å². The van der Waals surface area contributed by atoms with Gasteiger partial charge >= 0.3 is 5.88 Å². The summed E-state index contributed by atoms with van der Waals surface area (Å²) in [5, 5.41) is 13.8. The maximum atomic E-state index is 10.4. The third-order valence-corrected chi connectivity index (χ3v) is 3.74. The molecule has 0 bridgehead atoms. The highest BCUT2D eigenvalue weighted by atomic mass is 32.2. The third kappa shape index (κ3) is 2.32. The molecule has 0 aromatic carbocycles. The summed E-state index contributed by atoms with van der Waals surface area (Å²) in [6.07, 6.45) is 0. The average molecular weight is 228 g/mol. The zero-order valence-electron chi connectivity index (χ0n) is 8.30. The predicted molar refractivity (Wildman–Crippen MR) is 57.7 cm³/mol. The van der Waals surface area contributed by atoms with Crippen molar-refractivity contribution in [1.29, 1.82) is 0 Å². The lowest BCUT2D eigenvalue weighted by Gasteiger charge is -2.25. The molecule has 1 N–H and O–H groups in total. The molecular weight excluding hydrogens is 216 g/mol. The van der Waals surface area contributed by atoms with Gasteiger partial charge in [-0.2, -0.15) is 0 Å². The molecule has 82 valence electrons. The molecule has 0 amide bonds. The zero-order valence-corrected chi connectivity index (χ0v) is 9.12. The van der Waals surface area contributed by atoms with E-state index in [9.17, 15) is 10.1 Å². The molecule has 1 fully saturated rings. The van der Waals surface area contributed by atoms with Crippen LogP contribution < -0.4 is 5.32 Å². The molecule has 15 heavy (non-hydrogen) atoms. The van der Waals surface area contributed by atoms with Gasteiger partial charge < -0.3 is 4.42 Å². The second-order valence-electron chi connectivity index (χ2n) is 3.66. The monoisotopic (exact) mass is 228 g/mol. The Hall–Kier alpha value is -1.01. The van der Waals surface area contributed by atoms with Gasteiger partial charge in [-0.15, -0.1) is 11.8 Å². The van der Waals surface area contributed by atoms with Crippen LogP contribution in [0.25, 0.3) is 0 Å². The summed E-state index contributed by atoms with van der Waals surface area (Å²) in [5.41, 5.74) is 0. The van der Waals surface area contributed by atoms with Crippen LogP contribution in [-0.2, 0) is 0 Å². The van der Waals surface area contributed by atoms with Crippen molar-refractivity contribution in [2.24, 2.45) is 5.92 Å². The molecule has 1 saturated heterocycles. The first-order valence-electron chi connectivity index (χ1n) is 4.76. The molecule has 2 unspecified atom stereocenters. The van der Waals surface area contributed by atoms with Crippen LogP contribution in [0.15, 0.2) is 16.5 Å². The summed E-state index contributed by atoms with van der Waals surface area (Å²) in [7, 11) is 0. The van der Waals surface area contributed by atoms with Crippen molar-refractivity contribution < 1.29 is 9.34 Å². The zero-order chi connectivity index (χ0) is 10.8. The van der Waals surface area contributed by atoms with Crippen LogP contribution in [0.4, 0.5) is 5.88 Å². The first-order chi connectivity index (χ1) is 7.16.